The number of anilines is 1. The molecule has 7 nitrogen and oxygen atoms in total. The first-order valence-corrected chi connectivity index (χ1v) is 4.96. The average Bonchev–Trinajstić information content (AvgIpc) is 2.64. The van der Waals surface area contributed by atoms with E-state index in [9.17, 15) is 9.59 Å². The highest BCUT2D eigenvalue weighted by Crippen LogP contribution is 2.04. The summed E-state index contributed by atoms with van der Waals surface area (Å²) in [6, 6.07) is 3.16. The fourth-order valence-electron chi connectivity index (χ4n) is 1.37. The maximum Gasteiger partial charge on any atom is 0.275 e. The number of H-pyrrole nitrogens is 1. The molecular formula is C10H11N5O2. The summed E-state index contributed by atoms with van der Waals surface area (Å²) in [6.07, 6.45) is 1.46. The lowest BCUT2D eigenvalue weighted by atomic mass is 10.4. The van der Waals surface area contributed by atoms with Crippen molar-refractivity contribution in [2.24, 2.45) is 0 Å². The van der Waals surface area contributed by atoms with Crippen LogP contribution >= 0.6 is 0 Å². The number of aryl methyl sites for hydroxylation is 1. The van der Waals surface area contributed by atoms with Gasteiger partial charge in [0.1, 0.15) is 23.7 Å². The molecule has 2 N–H and O–H groups in total. The molecule has 0 atom stereocenters. The first-order chi connectivity index (χ1) is 8.06. The molecule has 88 valence electrons. The van der Waals surface area contributed by atoms with Crippen LogP contribution < -0.4 is 10.9 Å². The lowest BCUT2D eigenvalue weighted by molar-refractivity contribution is -0.114. The van der Waals surface area contributed by atoms with Gasteiger partial charge in [-0.3, -0.25) is 9.59 Å². The average molecular weight is 233 g/mol. The Labute approximate surface area is 96.5 Å². The summed E-state index contributed by atoms with van der Waals surface area (Å²) in [4.78, 5) is 29.0. The lowest BCUT2D eigenvalue weighted by Gasteiger charge is -2.03. The van der Waals surface area contributed by atoms with Crippen molar-refractivity contribution < 1.29 is 4.79 Å². The van der Waals surface area contributed by atoms with Gasteiger partial charge < -0.3 is 10.3 Å². The molecule has 2 heterocycles. The molecule has 2 rings (SSSR count). The van der Waals surface area contributed by atoms with Crippen LogP contribution in [0.4, 0.5) is 5.82 Å². The maximum atomic E-state index is 11.7. The van der Waals surface area contributed by atoms with Crippen LogP contribution in [0.1, 0.15) is 12.7 Å². The Morgan fingerprint density at radius 2 is 2.24 bits per heavy atom. The maximum absolute atomic E-state index is 11.7. The smallest absolute Gasteiger partial charge is 0.275 e. The Kier molecular flexibility index (Phi) is 2.73. The predicted octanol–water partition coefficient (Wildman–Crippen LogP) is 0.222. The van der Waals surface area contributed by atoms with Gasteiger partial charge in [-0.2, -0.15) is 5.10 Å². The van der Waals surface area contributed by atoms with Crippen molar-refractivity contribution in [1.82, 2.24) is 19.7 Å². The third-order valence-electron chi connectivity index (χ3n) is 2.05. The van der Waals surface area contributed by atoms with Crippen molar-refractivity contribution in [3.05, 3.63) is 34.6 Å². The largest absolute Gasteiger partial charge is 0.312 e. The van der Waals surface area contributed by atoms with E-state index in [1.807, 2.05) is 0 Å². The molecule has 17 heavy (non-hydrogen) atoms. The number of hydrogen-bond donors (Lipinski definition) is 2. The molecule has 0 unspecified atom stereocenters. The van der Waals surface area contributed by atoms with Crippen LogP contribution in [0.25, 0.3) is 5.69 Å². The van der Waals surface area contributed by atoms with Gasteiger partial charge in [-0.05, 0) is 19.1 Å². The van der Waals surface area contributed by atoms with Gasteiger partial charge in [0.2, 0.25) is 5.91 Å². The Hall–Kier alpha value is -2.44. The molecular weight excluding hydrogens is 222 g/mol. The topological polar surface area (TPSA) is 92.7 Å². The molecule has 0 radical (unpaired) electrons. The summed E-state index contributed by atoms with van der Waals surface area (Å²) < 4.78 is 1.38. The van der Waals surface area contributed by atoms with Crippen LogP contribution in [0.5, 0.6) is 0 Å². The zero-order valence-corrected chi connectivity index (χ0v) is 9.39. The Morgan fingerprint density at radius 3 is 2.76 bits per heavy atom. The number of pyridine rings is 1. The SMILES string of the molecule is CC(=O)Nc1ccc(-n2cnc(C)n2)c(=O)[nH]1. The van der Waals surface area contributed by atoms with E-state index < -0.39 is 0 Å². The number of hydrogen-bond acceptors (Lipinski definition) is 4. The monoisotopic (exact) mass is 233 g/mol. The number of aromatic amines is 1. The van der Waals surface area contributed by atoms with E-state index in [1.165, 1.54) is 17.9 Å². The quantitative estimate of drug-likeness (QED) is 0.776. The molecule has 2 aromatic rings. The van der Waals surface area contributed by atoms with Crippen molar-refractivity contribution in [2.75, 3.05) is 5.32 Å². The van der Waals surface area contributed by atoms with E-state index in [1.54, 1.807) is 19.1 Å². The minimum Gasteiger partial charge on any atom is -0.312 e. The van der Waals surface area contributed by atoms with Crippen LogP contribution in [0.3, 0.4) is 0 Å². The highest BCUT2D eigenvalue weighted by atomic mass is 16.1. The van der Waals surface area contributed by atoms with E-state index in [-0.39, 0.29) is 11.5 Å². The summed E-state index contributed by atoms with van der Waals surface area (Å²) in [5, 5.41) is 6.52. The number of nitrogens with one attached hydrogen (secondary N) is 2. The zero-order chi connectivity index (χ0) is 12.4. The van der Waals surface area contributed by atoms with Gasteiger partial charge in [0, 0.05) is 6.92 Å². The van der Waals surface area contributed by atoms with E-state index in [2.05, 4.69) is 20.4 Å². The van der Waals surface area contributed by atoms with Crippen LogP contribution in [0.2, 0.25) is 0 Å². The molecule has 0 fully saturated rings. The number of carbonyl (C=O) groups is 1. The van der Waals surface area contributed by atoms with Crippen molar-refractivity contribution in [3.8, 4) is 5.69 Å². The van der Waals surface area contributed by atoms with E-state index in [4.69, 9.17) is 0 Å². The minimum absolute atomic E-state index is 0.245. The molecule has 0 aliphatic rings. The van der Waals surface area contributed by atoms with Crippen LogP contribution in [0.15, 0.2) is 23.3 Å². The van der Waals surface area contributed by atoms with Crippen LogP contribution in [-0.4, -0.2) is 25.7 Å². The van der Waals surface area contributed by atoms with Gasteiger partial charge in [0.25, 0.3) is 5.56 Å². The molecule has 2 aromatic heterocycles. The third-order valence-corrected chi connectivity index (χ3v) is 2.05. The van der Waals surface area contributed by atoms with Gasteiger partial charge >= 0.3 is 0 Å². The number of nitrogens with zero attached hydrogens (tertiary/aromatic N) is 3. The fourth-order valence-corrected chi connectivity index (χ4v) is 1.37. The summed E-state index contributed by atoms with van der Waals surface area (Å²) in [6.45, 7) is 3.10. The molecule has 0 saturated carbocycles. The first kappa shape index (κ1) is 11.1. The fraction of sp³-hybridized carbons (Fsp3) is 0.200. The predicted molar refractivity (Wildman–Crippen MR) is 61.0 cm³/mol. The van der Waals surface area contributed by atoms with Crippen LogP contribution in [-0.2, 0) is 4.79 Å². The highest BCUT2D eigenvalue weighted by Gasteiger charge is 2.05. The summed E-state index contributed by atoms with van der Waals surface area (Å²) in [7, 11) is 0. The molecule has 0 aliphatic carbocycles. The Balaban J connectivity index is 2.38. The second-order valence-electron chi connectivity index (χ2n) is 3.50. The highest BCUT2D eigenvalue weighted by molar-refractivity contribution is 5.87. The molecule has 1 amide bonds. The minimum atomic E-state index is -0.346. The first-order valence-electron chi connectivity index (χ1n) is 4.96. The standard InChI is InChI=1S/C10H11N5O2/c1-6-11-5-15(14-6)8-3-4-9(12-7(2)16)13-10(8)17/h3-5H,1-2H3,(H2,12,13,16,17). The molecule has 0 saturated heterocycles. The van der Waals surface area contributed by atoms with E-state index in [0.29, 0.717) is 17.3 Å². The van der Waals surface area contributed by atoms with E-state index in [0.717, 1.165) is 0 Å². The van der Waals surface area contributed by atoms with Crippen molar-refractivity contribution in [1.29, 1.82) is 0 Å². The van der Waals surface area contributed by atoms with E-state index >= 15 is 0 Å². The van der Waals surface area contributed by atoms with Crippen LogP contribution in [0, 0.1) is 6.92 Å². The van der Waals surface area contributed by atoms with Crippen molar-refractivity contribution in [2.45, 2.75) is 13.8 Å². The summed E-state index contributed by atoms with van der Waals surface area (Å²) >= 11 is 0. The second-order valence-corrected chi connectivity index (χ2v) is 3.50. The molecule has 0 aromatic carbocycles. The third kappa shape index (κ3) is 2.39. The molecule has 7 heteroatoms. The summed E-state index contributed by atoms with van der Waals surface area (Å²) in [5.41, 5.74) is 0.000789. The normalized spacial score (nSPS) is 10.2. The zero-order valence-electron chi connectivity index (χ0n) is 9.39. The van der Waals surface area contributed by atoms with Gasteiger partial charge in [-0.15, -0.1) is 0 Å². The van der Waals surface area contributed by atoms with Gasteiger partial charge in [0.05, 0.1) is 0 Å². The molecule has 0 bridgehead atoms. The van der Waals surface area contributed by atoms with Gasteiger partial charge in [-0.25, -0.2) is 9.67 Å². The molecule has 0 aliphatic heterocycles. The Morgan fingerprint density at radius 1 is 1.47 bits per heavy atom. The number of amides is 1. The lowest BCUT2D eigenvalue weighted by Crippen LogP contribution is -2.18. The number of aromatic nitrogens is 4. The summed E-state index contributed by atoms with van der Waals surface area (Å²) in [5.74, 6) is 0.684. The Bertz CT molecular complexity index is 613. The van der Waals surface area contributed by atoms with Crippen molar-refractivity contribution in [3.63, 3.8) is 0 Å². The second kappa shape index (κ2) is 4.20. The molecule has 0 spiro atoms. The van der Waals surface area contributed by atoms with Gasteiger partial charge in [0.15, 0.2) is 0 Å². The number of carbonyl (C=O) groups excluding carboxylic acids is 1. The number of rotatable bonds is 2. The van der Waals surface area contributed by atoms with Crippen molar-refractivity contribution >= 4 is 11.7 Å². The van der Waals surface area contributed by atoms with Gasteiger partial charge in [-0.1, -0.05) is 0 Å².